The van der Waals surface area contributed by atoms with Gasteiger partial charge in [-0.3, -0.25) is 4.79 Å². The largest absolute Gasteiger partial charge is 0.554 e. The van der Waals surface area contributed by atoms with E-state index >= 15 is 0 Å². The number of ether oxygens (including phenoxy) is 5. The Kier molecular flexibility index (Phi) is 13.7. The Hall–Kier alpha value is -4.82. The van der Waals surface area contributed by atoms with Crippen molar-refractivity contribution in [1.29, 1.82) is 0 Å². The number of hydrogen-bond acceptors (Lipinski definition) is 12. The number of rotatable bonds is 10. The summed E-state index contributed by atoms with van der Waals surface area (Å²) < 4.78 is 36.1. The number of allylic oxidation sites excluding steroid dienone is 3. The highest BCUT2D eigenvalue weighted by molar-refractivity contribution is 6.74. The van der Waals surface area contributed by atoms with Gasteiger partial charge < -0.3 is 49.0 Å². The van der Waals surface area contributed by atoms with E-state index in [2.05, 4.69) is 11.9 Å². The van der Waals surface area contributed by atoms with Crippen LogP contribution >= 0.6 is 0 Å². The number of anilines is 1. The molecule has 0 amide bonds. The average Bonchev–Trinajstić information content (AvgIpc) is 3.62. The van der Waals surface area contributed by atoms with Gasteiger partial charge in [0, 0.05) is 43.6 Å². The fourth-order valence-electron chi connectivity index (χ4n) is 8.96. The third-order valence-electron chi connectivity index (χ3n) is 11.5. The summed E-state index contributed by atoms with van der Waals surface area (Å²) in [4.78, 5) is 28.1. The van der Waals surface area contributed by atoms with Gasteiger partial charge in [0.1, 0.15) is 41.4 Å². The zero-order chi connectivity index (χ0) is 42.8. The number of phenolic OH excluding ortho intramolecular Hbond substituents is 2. The van der Waals surface area contributed by atoms with Crippen LogP contribution in [0.5, 0.6) is 23.0 Å². The summed E-state index contributed by atoms with van der Waals surface area (Å²) in [5, 5.41) is 39.7. The van der Waals surface area contributed by atoms with Gasteiger partial charge in [-0.05, 0) is 49.4 Å². The number of ketones is 1. The second-order valence-corrected chi connectivity index (χ2v) is 14.6. The number of esters is 1. The minimum absolute atomic E-state index is 0.0102. The van der Waals surface area contributed by atoms with Crippen molar-refractivity contribution in [1.82, 2.24) is 0 Å². The third-order valence-corrected chi connectivity index (χ3v) is 11.5. The standard InChI is InChI=1S/C41H46BNO11.2C2H6/c1-9-11-22(12-10-2)18-52-28-17-26(43-39-20(4)14-27(49-6)21(5)53-39)34(45)24-16-25-33(35(46)32(24)28)38(47)41(51-8)29(44)15-23-13-19(3)30(40(48)50-7)36-31(23)37(41)42(25)54-36;2*1-2/h9-13,16-17,20-21,27,29,37,39,43-46H,1,14-15,18H2,2-8H3;2*1-2H3/b12-10-,22-11+;;/t20-,21+,27?,29?,37?,39?,41+;;/m1../s1. The topological polar surface area (TPSA) is 162 Å². The van der Waals surface area contributed by atoms with Crippen LogP contribution in [0, 0.1) is 12.8 Å². The second-order valence-electron chi connectivity index (χ2n) is 14.6. The highest BCUT2D eigenvalue weighted by Gasteiger charge is 2.68. The number of aromatic hydroxyl groups is 2. The number of carbonyl (C=O) groups is 2. The van der Waals surface area contributed by atoms with Gasteiger partial charge in [0.15, 0.2) is 5.60 Å². The summed E-state index contributed by atoms with van der Waals surface area (Å²) in [6.07, 6.45) is 5.75. The van der Waals surface area contributed by atoms with Gasteiger partial charge in [0.05, 0.1) is 47.9 Å². The van der Waals surface area contributed by atoms with Crippen LogP contribution in [0.2, 0.25) is 0 Å². The smallest absolute Gasteiger partial charge is 0.403 e. The number of phenols is 2. The SMILES string of the molecule is C=C/C=C(\C=C/C)COc1cc(NC2O[C@@H](C)C(OC)C[C@H]2C)c(O)c2cc3c(c(O)c12)C(=O)[C@]1(OC)C(O)Cc2cc(C)c(C(=O)OC)c4c2C1B3O4.CC.CC. The first-order chi connectivity index (χ1) is 27.9. The van der Waals surface area contributed by atoms with Crippen molar-refractivity contribution in [3.63, 3.8) is 0 Å². The lowest BCUT2D eigenvalue weighted by Gasteiger charge is -2.47. The number of aryl methyl sites for hydroxylation is 1. The molecule has 312 valence electrons. The molecule has 0 bridgehead atoms. The molecule has 1 aliphatic carbocycles. The van der Waals surface area contributed by atoms with Gasteiger partial charge in [0.25, 0.3) is 0 Å². The Morgan fingerprint density at radius 1 is 1.10 bits per heavy atom. The van der Waals surface area contributed by atoms with Gasteiger partial charge in [-0.25, -0.2) is 4.79 Å². The van der Waals surface area contributed by atoms with E-state index in [4.69, 9.17) is 28.3 Å². The first-order valence-electron chi connectivity index (χ1n) is 20.1. The number of carbonyl (C=O) groups excluding carboxylic acids is 2. The fraction of sp³-hybridized carbons (Fsp3) is 0.467. The fourth-order valence-corrected chi connectivity index (χ4v) is 8.96. The Bertz CT molecular complexity index is 2130. The molecule has 0 radical (unpaired) electrons. The Labute approximate surface area is 341 Å². The molecular formula is C45H58BNO11. The minimum atomic E-state index is -1.87. The van der Waals surface area contributed by atoms with Gasteiger partial charge in [-0.2, -0.15) is 0 Å². The van der Waals surface area contributed by atoms with E-state index in [1.807, 2.05) is 60.6 Å². The predicted molar refractivity (Wildman–Crippen MR) is 226 cm³/mol. The molecule has 3 aromatic carbocycles. The maximum Gasteiger partial charge on any atom is 0.403 e. The summed E-state index contributed by atoms with van der Waals surface area (Å²) >= 11 is 0. The number of nitrogens with one attached hydrogen (secondary N) is 1. The molecule has 0 spiro atoms. The van der Waals surface area contributed by atoms with Crippen LogP contribution in [0.25, 0.3) is 10.8 Å². The summed E-state index contributed by atoms with van der Waals surface area (Å²) in [5.74, 6) is -2.46. The first-order valence-corrected chi connectivity index (χ1v) is 20.1. The Balaban J connectivity index is 0.00000155. The number of fused-ring (bicyclic) bond motifs is 3. The van der Waals surface area contributed by atoms with Crippen molar-refractivity contribution in [3.05, 3.63) is 82.5 Å². The lowest BCUT2D eigenvalue weighted by molar-refractivity contribution is -0.134. The van der Waals surface area contributed by atoms with Crippen molar-refractivity contribution in [3.8, 4) is 23.0 Å². The molecule has 4 N–H and O–H groups in total. The van der Waals surface area contributed by atoms with E-state index in [-0.39, 0.29) is 81.5 Å². The van der Waals surface area contributed by atoms with E-state index < -0.39 is 48.2 Å². The Morgan fingerprint density at radius 3 is 2.43 bits per heavy atom. The molecule has 4 aliphatic rings. The number of Topliss-reactive ketones (excluding diaryl/α,β-unsaturated/α-hetero) is 1. The average molecular weight is 800 g/mol. The quantitative estimate of drug-likeness (QED) is 0.0715. The zero-order valence-electron chi connectivity index (χ0n) is 35.5. The van der Waals surface area contributed by atoms with Crippen LogP contribution in [-0.2, 0) is 25.4 Å². The number of methoxy groups -OCH3 is 3. The highest BCUT2D eigenvalue weighted by atomic mass is 16.6. The molecule has 7 atom stereocenters. The summed E-state index contributed by atoms with van der Waals surface area (Å²) in [7, 11) is 4.28. The molecule has 3 aromatic rings. The Morgan fingerprint density at radius 2 is 1.81 bits per heavy atom. The van der Waals surface area contributed by atoms with Crippen LogP contribution in [0.3, 0.4) is 0 Å². The maximum atomic E-state index is 14.9. The summed E-state index contributed by atoms with van der Waals surface area (Å²) in [5.41, 5.74) is 1.37. The molecule has 13 heteroatoms. The maximum absolute atomic E-state index is 14.9. The van der Waals surface area contributed by atoms with Crippen LogP contribution < -0.4 is 20.2 Å². The highest BCUT2D eigenvalue weighted by Crippen LogP contribution is 2.57. The molecule has 1 saturated heterocycles. The predicted octanol–water partition coefficient (Wildman–Crippen LogP) is 7.08. The van der Waals surface area contributed by atoms with Gasteiger partial charge in [0.2, 0.25) is 5.78 Å². The molecular weight excluding hydrogens is 741 g/mol. The van der Waals surface area contributed by atoms with E-state index in [1.165, 1.54) is 14.2 Å². The zero-order valence-corrected chi connectivity index (χ0v) is 35.5. The molecule has 7 rings (SSSR count). The normalized spacial score (nSPS) is 25.4. The van der Waals surface area contributed by atoms with Crippen LogP contribution in [0.1, 0.15) is 98.1 Å². The monoisotopic (exact) mass is 799 g/mol. The van der Waals surface area contributed by atoms with E-state index in [1.54, 1.807) is 44.4 Å². The molecule has 3 aliphatic heterocycles. The van der Waals surface area contributed by atoms with Crippen LogP contribution in [0.15, 0.2) is 54.7 Å². The van der Waals surface area contributed by atoms with Gasteiger partial charge in [-0.1, -0.05) is 77.6 Å². The number of hydrogen-bond donors (Lipinski definition) is 4. The van der Waals surface area contributed by atoms with E-state index in [9.17, 15) is 24.9 Å². The summed E-state index contributed by atoms with van der Waals surface area (Å²) in [6, 6.07) is 4.99. The minimum Gasteiger partial charge on any atom is -0.554 e. The second kappa shape index (κ2) is 18.0. The number of aliphatic hydroxyl groups is 1. The first kappa shape index (κ1) is 44.3. The number of benzene rings is 3. The van der Waals surface area contributed by atoms with Crippen molar-refractivity contribution < 1.29 is 53.2 Å². The molecule has 12 nitrogen and oxygen atoms in total. The lowest BCUT2D eigenvalue weighted by Crippen LogP contribution is -2.68. The number of aliphatic hydroxyl groups excluding tert-OH is 1. The van der Waals surface area contributed by atoms with Crippen LogP contribution in [-0.4, -0.2) is 92.1 Å². The molecule has 3 heterocycles. The van der Waals surface area contributed by atoms with Crippen molar-refractivity contribution in [2.24, 2.45) is 5.92 Å². The van der Waals surface area contributed by atoms with Crippen molar-refractivity contribution >= 4 is 40.6 Å². The molecule has 58 heavy (non-hydrogen) atoms. The third kappa shape index (κ3) is 7.05. The van der Waals surface area contributed by atoms with E-state index in [0.29, 0.717) is 23.1 Å². The molecule has 0 aromatic heterocycles. The van der Waals surface area contributed by atoms with Gasteiger partial charge in [-0.15, -0.1) is 0 Å². The lowest BCUT2D eigenvalue weighted by atomic mass is 9.38. The summed E-state index contributed by atoms with van der Waals surface area (Å²) in [6.45, 7) is 18.4. The molecule has 1 fully saturated rings. The van der Waals surface area contributed by atoms with Gasteiger partial charge >= 0.3 is 12.9 Å². The molecule has 0 saturated carbocycles. The van der Waals surface area contributed by atoms with Crippen LogP contribution in [0.4, 0.5) is 5.69 Å². The van der Waals surface area contributed by atoms with Crippen molar-refractivity contribution in [2.75, 3.05) is 33.3 Å². The van der Waals surface area contributed by atoms with Crippen molar-refractivity contribution in [2.45, 2.75) is 104 Å². The van der Waals surface area contributed by atoms with E-state index in [0.717, 1.165) is 5.57 Å². The molecule has 4 unspecified atom stereocenters.